The molecule has 0 bridgehead atoms. The number of aliphatic hydroxyl groups excluding tert-OH is 9. The Hall–Kier alpha value is -0.610. The molecule has 19 heteroatoms. The van der Waals surface area contributed by atoms with E-state index in [-0.39, 0.29) is 53.0 Å². The zero-order valence-corrected chi connectivity index (χ0v) is 45.1. The van der Waals surface area contributed by atoms with Gasteiger partial charge in [0.2, 0.25) is 0 Å². The van der Waals surface area contributed by atoms with Crippen LogP contribution in [-0.2, 0) is 14.2 Å². The van der Waals surface area contributed by atoms with Gasteiger partial charge in [-0.05, 0) is 69.6 Å². The quantitative estimate of drug-likeness (QED) is 0.0396. The molecule has 0 radical (unpaired) electrons. The van der Waals surface area contributed by atoms with Crippen molar-refractivity contribution in [1.82, 2.24) is 0 Å². The molecule has 0 saturated carbocycles. The maximum Gasteiger partial charge on any atom is 0.143 e. The first-order chi connectivity index (χ1) is 26.9. The summed E-state index contributed by atoms with van der Waals surface area (Å²) in [5, 5.41) is 76.3. The van der Waals surface area contributed by atoms with Crippen molar-refractivity contribution in [2.75, 3.05) is 119 Å². The molecule has 0 unspecified atom stereocenters. The Kier molecular flexibility index (Phi) is 1130. The smallest absolute Gasteiger partial charge is 0.143 e. The van der Waals surface area contributed by atoms with Gasteiger partial charge in [-0.15, -0.1) is 44.3 Å². The lowest BCUT2D eigenvalue weighted by atomic mass is 10.5. The van der Waals surface area contributed by atoms with Crippen molar-refractivity contribution in [1.29, 1.82) is 0 Å². The van der Waals surface area contributed by atoms with E-state index in [2.05, 4.69) is 93.0 Å². The van der Waals surface area contributed by atoms with Crippen LogP contribution in [0, 0.1) is 12.8 Å². The van der Waals surface area contributed by atoms with E-state index >= 15 is 0 Å². The second-order valence-corrected chi connectivity index (χ2v) is 8.61. The van der Waals surface area contributed by atoms with Gasteiger partial charge >= 0.3 is 0 Å². The van der Waals surface area contributed by atoms with E-state index in [1.54, 1.807) is 69.5 Å². The summed E-state index contributed by atoms with van der Waals surface area (Å²) in [4.78, 5) is 0. The monoisotopic (exact) mass is 975 g/mol. The van der Waals surface area contributed by atoms with Gasteiger partial charge in [0.1, 0.15) is 26.1 Å². The summed E-state index contributed by atoms with van der Waals surface area (Å²) in [5.41, 5.74) is 0. The van der Waals surface area contributed by atoms with Crippen LogP contribution < -0.4 is 0 Å². The van der Waals surface area contributed by atoms with Crippen LogP contribution in [0.2, 0.25) is 0 Å². The average Bonchev–Trinajstić information content (AvgIpc) is 3.26. The molecule has 0 fully saturated rings. The molecule has 0 atom stereocenters. The van der Waals surface area contributed by atoms with Gasteiger partial charge < -0.3 is 70.8 Å². The minimum atomic E-state index is -0.750. The fraction of sp³-hybridized carbons (Fsp3) is 0.750. The van der Waals surface area contributed by atoms with Crippen LogP contribution in [0.5, 0.6) is 0 Å². The summed E-state index contributed by atoms with van der Waals surface area (Å²) in [5.74, 6) is 1.24. The molecule has 0 aliphatic rings. The summed E-state index contributed by atoms with van der Waals surface area (Å²) in [7, 11) is 7.36. The molecular weight excluding hydrogens is 865 g/mol. The molecule has 0 aromatic rings. The van der Waals surface area contributed by atoms with Gasteiger partial charge in [-0.2, -0.15) is 49.6 Å². The Morgan fingerprint density at radius 1 is 0.678 bits per heavy atom. The molecule has 12 N–H and O–H groups in total. The third-order valence-electron chi connectivity index (χ3n) is 1.26. The topological polar surface area (TPSA) is 261 Å². The molecule has 0 saturated heterocycles. The summed E-state index contributed by atoms with van der Waals surface area (Å²) in [6, 6.07) is 0. The van der Waals surface area contributed by atoms with Crippen LogP contribution in [0.25, 0.3) is 0 Å². The van der Waals surface area contributed by atoms with Crippen LogP contribution in [0.1, 0.15) is 82.6 Å². The van der Waals surface area contributed by atoms with Crippen molar-refractivity contribution in [3.63, 3.8) is 0 Å². The maximum absolute atomic E-state index is 7.88. The lowest BCUT2D eigenvalue weighted by molar-refractivity contribution is 0.0325. The van der Waals surface area contributed by atoms with Gasteiger partial charge in [0.25, 0.3) is 0 Å². The lowest BCUT2D eigenvalue weighted by Gasteiger charge is -1.76. The Balaban J connectivity index is -0.0000000137. The molecule has 0 aliphatic heterocycles. The molecular formula is C40H110O14S5. The molecule has 0 spiro atoms. The third kappa shape index (κ3) is 4310. The molecule has 0 aromatic carbocycles. The van der Waals surface area contributed by atoms with E-state index < -0.39 is 6.79 Å². The highest BCUT2D eigenvalue weighted by Gasteiger charge is 1.58. The van der Waals surface area contributed by atoms with Gasteiger partial charge in [0, 0.05) is 55.4 Å². The van der Waals surface area contributed by atoms with Crippen molar-refractivity contribution in [3.05, 3.63) is 50.3 Å². The zero-order chi connectivity index (χ0) is 50.1. The molecule has 0 aliphatic carbocycles. The van der Waals surface area contributed by atoms with Gasteiger partial charge in [-0.25, -0.2) is 0 Å². The number of thioether (sulfide) groups is 3. The fourth-order valence-corrected chi connectivity index (χ4v) is 0. The SMILES string of the molecule is C.C#C.C=C.C=CC.C=CSC.CC.CCC.CCCO.CCO.CCOC.CCSC.CO.COC.COCO.CS.CSC.O.OC=CO.OCCO.OCO.S. The first-order valence-corrected chi connectivity index (χ1v) is 22.0. The zero-order valence-electron chi connectivity index (χ0n) is 40.7. The van der Waals surface area contributed by atoms with E-state index in [0.717, 1.165) is 20.1 Å². The van der Waals surface area contributed by atoms with Crippen LogP contribution in [0.3, 0.4) is 0 Å². The van der Waals surface area contributed by atoms with Crippen molar-refractivity contribution in [2.45, 2.75) is 82.6 Å². The predicted molar refractivity (Wildman–Crippen MR) is 288 cm³/mol. The summed E-state index contributed by atoms with van der Waals surface area (Å²) in [6.45, 7) is 30.9. The van der Waals surface area contributed by atoms with E-state index in [4.69, 9.17) is 51.1 Å². The molecule has 59 heavy (non-hydrogen) atoms. The third-order valence-corrected chi connectivity index (χ3v) is 2.17. The largest absolute Gasteiger partial charge is 0.512 e. The molecule has 0 heterocycles. The molecule has 0 rings (SSSR count). The number of aliphatic hydroxyl groups is 10. The summed E-state index contributed by atoms with van der Waals surface area (Å²) >= 11 is 8.75. The van der Waals surface area contributed by atoms with Crippen LogP contribution >= 0.6 is 61.4 Å². The second-order valence-electron chi connectivity index (χ2n) is 5.83. The number of terminal acetylenes is 1. The Morgan fingerprint density at radius 3 is 0.797 bits per heavy atom. The molecule has 14 nitrogen and oxygen atoms in total. The second kappa shape index (κ2) is 485. The number of hydrogen-bond acceptors (Lipinski definition) is 17. The first kappa shape index (κ1) is 138. The van der Waals surface area contributed by atoms with Crippen LogP contribution in [-0.4, -0.2) is 176 Å². The number of allylic oxidation sites excluding steroid dienone is 1. The van der Waals surface area contributed by atoms with Gasteiger partial charge in [0.05, 0.1) is 13.2 Å². The number of rotatable bonds is 6. The average molecular weight is 976 g/mol. The first-order valence-electron chi connectivity index (χ1n) is 16.8. The molecule has 0 aromatic heterocycles. The van der Waals surface area contributed by atoms with Crippen LogP contribution in [0.4, 0.5) is 0 Å². The molecule has 0 amide bonds. The van der Waals surface area contributed by atoms with E-state index in [0.29, 0.717) is 19.1 Å². The lowest BCUT2D eigenvalue weighted by Crippen LogP contribution is -1.85. The van der Waals surface area contributed by atoms with Gasteiger partial charge in [-0.3, -0.25) is 0 Å². The minimum Gasteiger partial charge on any atom is -0.512 e. The number of hydrogen-bond donors (Lipinski definition) is 11. The normalized spacial score (nSPS) is 5.73. The summed E-state index contributed by atoms with van der Waals surface area (Å²) < 4.78 is 12.9. The highest BCUT2D eigenvalue weighted by molar-refractivity contribution is 8.01. The van der Waals surface area contributed by atoms with E-state index in [9.17, 15) is 0 Å². The Bertz CT molecular complexity index is 315. The minimum absolute atomic E-state index is 0. The van der Waals surface area contributed by atoms with Gasteiger partial charge in [-0.1, -0.05) is 68.0 Å². The van der Waals surface area contributed by atoms with Gasteiger partial charge in [0.15, 0.2) is 0 Å². The van der Waals surface area contributed by atoms with Crippen LogP contribution in [0.15, 0.2) is 50.3 Å². The van der Waals surface area contributed by atoms with E-state index in [1.807, 2.05) is 65.1 Å². The standard InChI is InChI=1S/2C3H8O.C3H8S.C3H6S.C3H8.C3H6.2C2H6O2.C2H4O2.2C2H6O.C2H6S.C2H6.C2H4.C2H2.CH4O2.CH4O.CH4S.CH4.H2O.H2S/c1-3-4-2;1-2-3-4;2*1-3-4-2;2*1-3-2;1-4-2-3;2*3-1-2-4;1-3-2;1-2-3;1-3-2;3*1-2;2-1-3;2*1-2;;;/h3H2,1-2H3;4H,2-3H2,1H3;3H2,1-2H3;3H,1H2,2H3;3H2,1-2H3;3H,1H2,2H3;3H,2H2,1H3;3-4H,1-2H2;1-4H;1-2H3;3H,2H2,1H3;1-2H3;1-2H3;1-2H2;1-2H;2-3H,1H2;2*2H,1H3;1H4;2*1H2. The van der Waals surface area contributed by atoms with Crippen molar-refractivity contribution in [2.24, 2.45) is 0 Å². The fourth-order valence-electron chi connectivity index (χ4n) is 0. The maximum atomic E-state index is 7.88. The highest BCUT2D eigenvalue weighted by atomic mass is 32.2. The number of thiol groups is 1. The Labute approximate surface area is 395 Å². The van der Waals surface area contributed by atoms with E-state index in [1.165, 1.54) is 19.3 Å². The molecule has 384 valence electrons. The number of ether oxygens (including phenoxy) is 3. The van der Waals surface area contributed by atoms with Crippen molar-refractivity contribution < 1.29 is 70.8 Å². The summed E-state index contributed by atoms with van der Waals surface area (Å²) in [6.07, 6.45) is 22.8. The highest BCUT2D eigenvalue weighted by Crippen LogP contribution is 1.85. The Morgan fingerprint density at radius 2 is 0.797 bits per heavy atom. The number of methoxy groups -OCH3 is 3. The predicted octanol–water partition coefficient (Wildman–Crippen LogP) is 7.96. The van der Waals surface area contributed by atoms with Crippen molar-refractivity contribution >= 4 is 61.4 Å². The van der Waals surface area contributed by atoms with Crippen molar-refractivity contribution in [3.8, 4) is 12.8 Å².